The van der Waals surface area contributed by atoms with E-state index in [-0.39, 0.29) is 0 Å². The SMILES string of the molecule is COc1ccc(Br)cc1Nc1ccc(N)cn1. The summed E-state index contributed by atoms with van der Waals surface area (Å²) < 4.78 is 6.23. The van der Waals surface area contributed by atoms with Crippen molar-refractivity contribution in [2.75, 3.05) is 18.2 Å². The van der Waals surface area contributed by atoms with Crippen LogP contribution in [0.25, 0.3) is 0 Å². The molecule has 3 N–H and O–H groups in total. The lowest BCUT2D eigenvalue weighted by atomic mass is 10.3. The highest BCUT2D eigenvalue weighted by Crippen LogP contribution is 2.30. The van der Waals surface area contributed by atoms with Gasteiger partial charge < -0.3 is 15.8 Å². The van der Waals surface area contributed by atoms with Crippen LogP contribution in [-0.2, 0) is 0 Å². The van der Waals surface area contributed by atoms with E-state index in [9.17, 15) is 0 Å². The Labute approximate surface area is 108 Å². The molecule has 17 heavy (non-hydrogen) atoms. The number of nitrogens with zero attached hydrogens (tertiary/aromatic N) is 1. The molecule has 4 nitrogen and oxygen atoms in total. The number of halogens is 1. The van der Waals surface area contributed by atoms with Crippen LogP contribution >= 0.6 is 15.9 Å². The average molecular weight is 294 g/mol. The Morgan fingerprint density at radius 1 is 1.29 bits per heavy atom. The Balaban J connectivity index is 2.28. The summed E-state index contributed by atoms with van der Waals surface area (Å²) in [6, 6.07) is 9.33. The van der Waals surface area contributed by atoms with Crippen molar-refractivity contribution in [2.24, 2.45) is 0 Å². The van der Waals surface area contributed by atoms with Gasteiger partial charge in [0.15, 0.2) is 0 Å². The zero-order valence-corrected chi connectivity index (χ0v) is 10.9. The van der Waals surface area contributed by atoms with Crippen molar-refractivity contribution in [3.8, 4) is 5.75 Å². The Morgan fingerprint density at radius 2 is 2.12 bits per heavy atom. The van der Waals surface area contributed by atoms with Crippen LogP contribution in [0.1, 0.15) is 0 Å². The zero-order valence-electron chi connectivity index (χ0n) is 9.27. The predicted octanol–water partition coefficient (Wildman–Crippen LogP) is 3.18. The number of nitrogens with one attached hydrogen (secondary N) is 1. The monoisotopic (exact) mass is 293 g/mol. The molecular formula is C12H12BrN3O. The fourth-order valence-corrected chi connectivity index (χ4v) is 1.76. The van der Waals surface area contributed by atoms with Crippen molar-refractivity contribution in [1.82, 2.24) is 4.98 Å². The van der Waals surface area contributed by atoms with E-state index in [1.807, 2.05) is 24.3 Å². The molecule has 1 heterocycles. The molecule has 0 unspecified atom stereocenters. The van der Waals surface area contributed by atoms with Crippen LogP contribution in [0.15, 0.2) is 41.0 Å². The number of benzene rings is 1. The van der Waals surface area contributed by atoms with Crippen molar-refractivity contribution in [2.45, 2.75) is 0 Å². The minimum absolute atomic E-state index is 0.636. The van der Waals surface area contributed by atoms with Crippen LogP contribution in [0, 0.1) is 0 Å². The molecule has 0 bridgehead atoms. The highest BCUT2D eigenvalue weighted by atomic mass is 79.9. The second-order valence-electron chi connectivity index (χ2n) is 3.45. The molecule has 0 saturated heterocycles. The summed E-state index contributed by atoms with van der Waals surface area (Å²) in [6.45, 7) is 0. The summed E-state index contributed by atoms with van der Waals surface area (Å²) in [7, 11) is 1.63. The first-order valence-corrected chi connectivity index (χ1v) is 5.80. The van der Waals surface area contributed by atoms with E-state index in [1.165, 1.54) is 0 Å². The summed E-state index contributed by atoms with van der Waals surface area (Å²) >= 11 is 3.41. The fourth-order valence-electron chi connectivity index (χ4n) is 1.40. The first kappa shape index (κ1) is 11.7. The molecule has 0 atom stereocenters. The van der Waals surface area contributed by atoms with Gasteiger partial charge in [0.25, 0.3) is 0 Å². The lowest BCUT2D eigenvalue weighted by molar-refractivity contribution is 0.416. The van der Waals surface area contributed by atoms with Gasteiger partial charge in [-0.15, -0.1) is 0 Å². The first-order chi connectivity index (χ1) is 8.19. The fraction of sp³-hybridized carbons (Fsp3) is 0.0833. The number of nitrogen functional groups attached to an aromatic ring is 1. The van der Waals surface area contributed by atoms with Gasteiger partial charge in [0, 0.05) is 4.47 Å². The van der Waals surface area contributed by atoms with Crippen LogP contribution in [0.2, 0.25) is 0 Å². The Hall–Kier alpha value is -1.75. The smallest absolute Gasteiger partial charge is 0.142 e. The lowest BCUT2D eigenvalue weighted by Gasteiger charge is -2.10. The third kappa shape index (κ3) is 2.88. The molecule has 88 valence electrons. The highest BCUT2D eigenvalue weighted by Gasteiger charge is 2.04. The van der Waals surface area contributed by atoms with Gasteiger partial charge in [-0.2, -0.15) is 0 Å². The van der Waals surface area contributed by atoms with Gasteiger partial charge >= 0.3 is 0 Å². The quantitative estimate of drug-likeness (QED) is 0.912. The Bertz CT molecular complexity index is 514. The molecule has 0 aliphatic rings. The van der Waals surface area contributed by atoms with Crippen LogP contribution in [0.5, 0.6) is 5.75 Å². The molecule has 0 radical (unpaired) electrons. The summed E-state index contributed by atoms with van der Waals surface area (Å²) in [4.78, 5) is 4.17. The highest BCUT2D eigenvalue weighted by molar-refractivity contribution is 9.10. The average Bonchev–Trinajstić information content (AvgIpc) is 2.32. The molecule has 0 aliphatic carbocycles. The zero-order chi connectivity index (χ0) is 12.3. The van der Waals surface area contributed by atoms with Crippen molar-refractivity contribution < 1.29 is 4.74 Å². The van der Waals surface area contributed by atoms with Crippen LogP contribution < -0.4 is 15.8 Å². The second-order valence-corrected chi connectivity index (χ2v) is 4.36. The van der Waals surface area contributed by atoms with Crippen molar-refractivity contribution in [3.05, 3.63) is 41.0 Å². The molecule has 0 saturated carbocycles. The molecule has 2 rings (SSSR count). The van der Waals surface area contributed by atoms with E-state index in [1.54, 1.807) is 19.4 Å². The third-order valence-corrected chi connectivity index (χ3v) is 2.70. The molecule has 0 spiro atoms. The summed E-state index contributed by atoms with van der Waals surface area (Å²) in [5, 5.41) is 3.17. The molecule has 1 aromatic heterocycles. The number of methoxy groups -OCH3 is 1. The van der Waals surface area contributed by atoms with Crippen molar-refractivity contribution in [3.63, 3.8) is 0 Å². The van der Waals surface area contributed by atoms with Gasteiger partial charge in [-0.25, -0.2) is 4.98 Å². The standard InChI is InChI=1S/C12H12BrN3O/c1-17-11-4-2-8(13)6-10(11)16-12-5-3-9(14)7-15-12/h2-7H,14H2,1H3,(H,15,16). The predicted molar refractivity (Wildman–Crippen MR) is 72.6 cm³/mol. The van der Waals surface area contributed by atoms with E-state index in [4.69, 9.17) is 10.5 Å². The van der Waals surface area contributed by atoms with Gasteiger partial charge in [0.2, 0.25) is 0 Å². The van der Waals surface area contributed by atoms with Gasteiger partial charge in [0.05, 0.1) is 24.7 Å². The number of pyridine rings is 1. The van der Waals surface area contributed by atoms with Crippen molar-refractivity contribution in [1.29, 1.82) is 0 Å². The second kappa shape index (κ2) is 5.05. The first-order valence-electron chi connectivity index (χ1n) is 5.01. The van der Waals surface area contributed by atoms with E-state index < -0.39 is 0 Å². The minimum Gasteiger partial charge on any atom is -0.495 e. The van der Waals surface area contributed by atoms with E-state index in [0.717, 1.165) is 21.7 Å². The van der Waals surface area contributed by atoms with E-state index in [0.29, 0.717) is 5.69 Å². The van der Waals surface area contributed by atoms with Crippen LogP contribution in [-0.4, -0.2) is 12.1 Å². The largest absolute Gasteiger partial charge is 0.495 e. The number of hydrogen-bond acceptors (Lipinski definition) is 4. The number of aromatic nitrogens is 1. The van der Waals surface area contributed by atoms with Gasteiger partial charge in [-0.1, -0.05) is 15.9 Å². The number of ether oxygens (including phenoxy) is 1. The molecule has 5 heteroatoms. The normalized spacial score (nSPS) is 10.0. The number of nitrogens with two attached hydrogens (primary N) is 1. The van der Waals surface area contributed by atoms with Gasteiger partial charge in [-0.05, 0) is 30.3 Å². The molecule has 0 aliphatic heterocycles. The number of rotatable bonds is 3. The minimum atomic E-state index is 0.636. The van der Waals surface area contributed by atoms with Crippen molar-refractivity contribution >= 4 is 33.1 Å². The molecular weight excluding hydrogens is 282 g/mol. The lowest BCUT2D eigenvalue weighted by Crippen LogP contribution is -1.97. The number of anilines is 3. The number of hydrogen-bond donors (Lipinski definition) is 2. The summed E-state index contributed by atoms with van der Waals surface area (Å²) in [6.07, 6.45) is 1.60. The maximum absolute atomic E-state index is 5.58. The molecule has 1 aromatic carbocycles. The topological polar surface area (TPSA) is 60.2 Å². The van der Waals surface area contributed by atoms with Crippen LogP contribution in [0.3, 0.4) is 0 Å². The Kier molecular flexibility index (Phi) is 3.49. The van der Waals surface area contributed by atoms with Gasteiger partial charge in [-0.3, -0.25) is 0 Å². The van der Waals surface area contributed by atoms with Crippen LogP contribution in [0.4, 0.5) is 17.2 Å². The summed E-state index contributed by atoms with van der Waals surface area (Å²) in [5.74, 6) is 1.47. The third-order valence-electron chi connectivity index (χ3n) is 2.21. The maximum Gasteiger partial charge on any atom is 0.142 e. The van der Waals surface area contributed by atoms with Gasteiger partial charge in [0.1, 0.15) is 11.6 Å². The van der Waals surface area contributed by atoms with E-state index in [2.05, 4.69) is 26.2 Å². The molecule has 0 fully saturated rings. The Morgan fingerprint density at radius 3 is 2.76 bits per heavy atom. The maximum atomic E-state index is 5.58. The van der Waals surface area contributed by atoms with E-state index >= 15 is 0 Å². The summed E-state index contributed by atoms with van der Waals surface area (Å²) in [5.41, 5.74) is 7.06. The molecule has 0 amide bonds. The molecule has 2 aromatic rings.